The highest BCUT2D eigenvalue weighted by molar-refractivity contribution is 5.54. The Kier molecular flexibility index (Phi) is 4.42. The number of methoxy groups -OCH3 is 2. The number of anilines is 1. The molecule has 0 unspecified atom stereocenters. The van der Waals surface area contributed by atoms with Gasteiger partial charge in [-0.1, -0.05) is 6.07 Å². The van der Waals surface area contributed by atoms with Crippen LogP contribution in [0.2, 0.25) is 0 Å². The normalized spacial score (nSPS) is 10.3. The van der Waals surface area contributed by atoms with Crippen LogP contribution in [0.25, 0.3) is 11.5 Å². The van der Waals surface area contributed by atoms with E-state index in [9.17, 15) is 0 Å². The van der Waals surface area contributed by atoms with Crippen molar-refractivity contribution in [2.75, 3.05) is 19.5 Å². The van der Waals surface area contributed by atoms with Crippen LogP contribution in [-0.4, -0.2) is 24.4 Å². The van der Waals surface area contributed by atoms with E-state index in [-0.39, 0.29) is 0 Å². The Labute approximate surface area is 134 Å². The van der Waals surface area contributed by atoms with E-state index < -0.39 is 0 Å². The minimum atomic E-state index is 0.441. The van der Waals surface area contributed by atoms with Crippen LogP contribution in [0.5, 0.6) is 11.5 Å². The summed E-state index contributed by atoms with van der Waals surface area (Å²) in [7, 11) is 3.27. The summed E-state index contributed by atoms with van der Waals surface area (Å²) in [6.07, 6.45) is 0. The van der Waals surface area contributed by atoms with Crippen molar-refractivity contribution in [2.24, 2.45) is 0 Å². The third-order valence-electron chi connectivity index (χ3n) is 3.32. The number of rotatable bonds is 6. The van der Waals surface area contributed by atoms with Crippen molar-refractivity contribution in [3.8, 4) is 23.0 Å². The lowest BCUT2D eigenvalue weighted by Gasteiger charge is -2.05. The molecule has 0 bridgehead atoms. The monoisotopic (exact) mass is 311 g/mol. The number of hydrogen-bond acceptors (Lipinski definition) is 6. The predicted molar refractivity (Wildman–Crippen MR) is 86.6 cm³/mol. The molecule has 23 heavy (non-hydrogen) atoms. The molecule has 6 nitrogen and oxygen atoms in total. The van der Waals surface area contributed by atoms with Crippen molar-refractivity contribution in [3.05, 3.63) is 54.4 Å². The molecular formula is C17H17N3O3. The van der Waals surface area contributed by atoms with Crippen LogP contribution in [-0.2, 0) is 6.54 Å². The Morgan fingerprint density at radius 3 is 2.48 bits per heavy atom. The number of nitrogens with zero attached hydrogens (tertiary/aromatic N) is 2. The third kappa shape index (κ3) is 3.60. The molecule has 3 rings (SSSR count). The number of benzene rings is 2. The van der Waals surface area contributed by atoms with Crippen LogP contribution in [0, 0.1) is 0 Å². The molecule has 0 atom stereocenters. The van der Waals surface area contributed by atoms with Crippen molar-refractivity contribution < 1.29 is 13.9 Å². The largest absolute Gasteiger partial charge is 0.497 e. The SMILES string of the molecule is COc1ccc(-c2nnc(CNc3cccc(OC)c3)o2)cc1. The minimum Gasteiger partial charge on any atom is -0.497 e. The molecule has 1 N–H and O–H groups in total. The lowest BCUT2D eigenvalue weighted by Crippen LogP contribution is -1.99. The van der Waals surface area contributed by atoms with Crippen LogP contribution in [0.4, 0.5) is 5.69 Å². The molecule has 0 aliphatic heterocycles. The lowest BCUT2D eigenvalue weighted by molar-refractivity contribution is 0.414. The van der Waals surface area contributed by atoms with Crippen LogP contribution in [0.15, 0.2) is 52.9 Å². The quantitative estimate of drug-likeness (QED) is 0.752. The second-order valence-corrected chi connectivity index (χ2v) is 4.81. The van der Waals surface area contributed by atoms with E-state index in [0.29, 0.717) is 18.3 Å². The molecular weight excluding hydrogens is 294 g/mol. The van der Waals surface area contributed by atoms with Crippen molar-refractivity contribution in [1.29, 1.82) is 0 Å². The van der Waals surface area contributed by atoms with E-state index in [2.05, 4.69) is 15.5 Å². The van der Waals surface area contributed by atoms with E-state index in [4.69, 9.17) is 13.9 Å². The summed E-state index contributed by atoms with van der Waals surface area (Å²) in [5, 5.41) is 11.3. The molecule has 1 heterocycles. The number of aromatic nitrogens is 2. The fourth-order valence-electron chi connectivity index (χ4n) is 2.09. The van der Waals surface area contributed by atoms with Gasteiger partial charge in [-0.25, -0.2) is 0 Å². The molecule has 0 spiro atoms. The van der Waals surface area contributed by atoms with E-state index in [1.54, 1.807) is 14.2 Å². The highest BCUT2D eigenvalue weighted by Gasteiger charge is 2.08. The summed E-state index contributed by atoms with van der Waals surface area (Å²) >= 11 is 0. The van der Waals surface area contributed by atoms with Gasteiger partial charge in [-0.3, -0.25) is 0 Å². The van der Waals surface area contributed by atoms with Crippen LogP contribution >= 0.6 is 0 Å². The summed E-state index contributed by atoms with van der Waals surface area (Å²) in [5.41, 5.74) is 1.78. The van der Waals surface area contributed by atoms with E-state index >= 15 is 0 Å². The molecule has 0 fully saturated rings. The molecule has 0 aliphatic carbocycles. The number of hydrogen-bond donors (Lipinski definition) is 1. The zero-order valence-electron chi connectivity index (χ0n) is 12.9. The number of ether oxygens (including phenoxy) is 2. The van der Waals surface area contributed by atoms with Gasteiger partial charge in [0.15, 0.2) is 0 Å². The maximum atomic E-state index is 5.66. The molecule has 118 valence electrons. The minimum absolute atomic E-state index is 0.441. The average Bonchev–Trinajstić information content (AvgIpc) is 3.09. The van der Waals surface area contributed by atoms with E-state index in [1.807, 2.05) is 48.5 Å². The molecule has 0 aliphatic rings. The summed E-state index contributed by atoms with van der Waals surface area (Å²) in [5.74, 6) is 2.57. The van der Waals surface area contributed by atoms with Gasteiger partial charge in [-0.05, 0) is 36.4 Å². The average molecular weight is 311 g/mol. The van der Waals surface area contributed by atoms with Crippen LogP contribution < -0.4 is 14.8 Å². The second-order valence-electron chi connectivity index (χ2n) is 4.81. The van der Waals surface area contributed by atoms with Crippen LogP contribution in [0.3, 0.4) is 0 Å². The van der Waals surface area contributed by atoms with Crippen molar-refractivity contribution in [1.82, 2.24) is 10.2 Å². The van der Waals surface area contributed by atoms with Gasteiger partial charge in [-0.15, -0.1) is 10.2 Å². The summed E-state index contributed by atoms with van der Waals surface area (Å²) in [4.78, 5) is 0. The van der Waals surface area contributed by atoms with Gasteiger partial charge in [0.05, 0.1) is 20.8 Å². The van der Waals surface area contributed by atoms with Gasteiger partial charge in [0, 0.05) is 17.3 Å². The Morgan fingerprint density at radius 2 is 1.74 bits per heavy atom. The lowest BCUT2D eigenvalue weighted by atomic mass is 10.2. The molecule has 0 saturated heterocycles. The zero-order chi connectivity index (χ0) is 16.1. The summed E-state index contributed by atoms with van der Waals surface area (Å²) in [6.45, 7) is 0.441. The van der Waals surface area contributed by atoms with Crippen molar-refractivity contribution in [2.45, 2.75) is 6.54 Å². The smallest absolute Gasteiger partial charge is 0.247 e. The fraction of sp³-hybridized carbons (Fsp3) is 0.176. The Hall–Kier alpha value is -3.02. The Balaban J connectivity index is 1.66. The molecule has 6 heteroatoms. The third-order valence-corrected chi connectivity index (χ3v) is 3.32. The molecule has 0 radical (unpaired) electrons. The first-order valence-electron chi connectivity index (χ1n) is 7.13. The zero-order valence-corrected chi connectivity index (χ0v) is 12.9. The highest BCUT2D eigenvalue weighted by Crippen LogP contribution is 2.22. The topological polar surface area (TPSA) is 69.4 Å². The van der Waals surface area contributed by atoms with Gasteiger partial charge in [0.1, 0.15) is 11.5 Å². The molecule has 1 aromatic heterocycles. The first kappa shape index (κ1) is 14.9. The maximum Gasteiger partial charge on any atom is 0.247 e. The van der Waals surface area contributed by atoms with Gasteiger partial charge < -0.3 is 19.2 Å². The second kappa shape index (κ2) is 6.83. The van der Waals surface area contributed by atoms with Gasteiger partial charge in [-0.2, -0.15) is 0 Å². The van der Waals surface area contributed by atoms with Crippen molar-refractivity contribution >= 4 is 5.69 Å². The predicted octanol–water partition coefficient (Wildman–Crippen LogP) is 3.37. The molecule has 0 amide bonds. The van der Waals surface area contributed by atoms with Gasteiger partial charge in [0.2, 0.25) is 11.8 Å². The van der Waals surface area contributed by atoms with E-state index in [0.717, 1.165) is 22.7 Å². The standard InChI is InChI=1S/C17H17N3O3/c1-21-14-8-6-12(7-9-14)17-20-19-16(23-17)11-18-13-4-3-5-15(10-13)22-2/h3-10,18H,11H2,1-2H3. The first-order valence-corrected chi connectivity index (χ1v) is 7.13. The summed E-state index contributed by atoms with van der Waals surface area (Å²) in [6, 6.07) is 15.1. The summed E-state index contributed by atoms with van der Waals surface area (Å²) < 4.78 is 16.0. The highest BCUT2D eigenvalue weighted by atomic mass is 16.5. The molecule has 2 aromatic carbocycles. The van der Waals surface area contributed by atoms with E-state index in [1.165, 1.54) is 0 Å². The Morgan fingerprint density at radius 1 is 0.957 bits per heavy atom. The Bertz CT molecular complexity index is 769. The number of nitrogens with one attached hydrogen (secondary N) is 1. The van der Waals surface area contributed by atoms with Crippen molar-refractivity contribution in [3.63, 3.8) is 0 Å². The van der Waals surface area contributed by atoms with Crippen LogP contribution in [0.1, 0.15) is 5.89 Å². The first-order chi connectivity index (χ1) is 11.3. The van der Waals surface area contributed by atoms with Gasteiger partial charge >= 0.3 is 0 Å². The maximum absolute atomic E-state index is 5.66. The fourth-order valence-corrected chi connectivity index (χ4v) is 2.09. The molecule has 0 saturated carbocycles. The molecule has 3 aromatic rings. The van der Waals surface area contributed by atoms with Gasteiger partial charge in [0.25, 0.3) is 0 Å².